The summed E-state index contributed by atoms with van der Waals surface area (Å²) in [5.74, 6) is 0. The van der Waals surface area contributed by atoms with Crippen LogP contribution < -0.4 is 5.32 Å². The van der Waals surface area contributed by atoms with Gasteiger partial charge >= 0.3 is 0 Å². The number of rotatable bonds is 4. The lowest BCUT2D eigenvalue weighted by molar-refractivity contribution is 0.192. The molecule has 0 radical (unpaired) electrons. The number of nitrogens with one attached hydrogen (secondary N) is 1. The Hall–Kier alpha value is -0.900. The van der Waals surface area contributed by atoms with Crippen molar-refractivity contribution in [2.45, 2.75) is 12.6 Å². The van der Waals surface area contributed by atoms with Crippen LogP contribution in [0.15, 0.2) is 30.3 Å². The molecule has 1 saturated heterocycles. The minimum absolute atomic E-state index is 0.600. The summed E-state index contributed by atoms with van der Waals surface area (Å²) in [6, 6.07) is 11.3. The van der Waals surface area contributed by atoms with Gasteiger partial charge in [0, 0.05) is 38.8 Å². The summed E-state index contributed by atoms with van der Waals surface area (Å²) in [5, 5.41) is 3.58. The van der Waals surface area contributed by atoms with Gasteiger partial charge in [-0.1, -0.05) is 30.3 Å². The lowest BCUT2D eigenvalue weighted by Crippen LogP contribution is -2.53. The van der Waals surface area contributed by atoms with E-state index in [4.69, 9.17) is 0 Å². The van der Waals surface area contributed by atoms with Crippen molar-refractivity contribution in [1.82, 2.24) is 15.1 Å². The third-order valence-corrected chi connectivity index (χ3v) is 3.29. The second kappa shape index (κ2) is 6.15. The number of hydrogen-bond acceptors (Lipinski definition) is 3. The summed E-state index contributed by atoms with van der Waals surface area (Å²) < 4.78 is 0. The van der Waals surface area contributed by atoms with Crippen molar-refractivity contribution < 1.29 is 0 Å². The predicted molar refractivity (Wildman–Crippen MR) is 72.1 cm³/mol. The lowest BCUT2D eigenvalue weighted by Gasteiger charge is -2.33. The second-order valence-corrected chi connectivity index (χ2v) is 5.10. The average Bonchev–Trinajstić information content (AvgIpc) is 2.30. The van der Waals surface area contributed by atoms with Crippen molar-refractivity contribution in [2.24, 2.45) is 0 Å². The lowest BCUT2D eigenvalue weighted by atomic mass is 10.2. The molecule has 1 unspecified atom stereocenters. The van der Waals surface area contributed by atoms with Crippen LogP contribution in [0.25, 0.3) is 0 Å². The van der Waals surface area contributed by atoms with Gasteiger partial charge in [0.15, 0.2) is 0 Å². The normalized spacial score (nSPS) is 21.9. The fourth-order valence-corrected chi connectivity index (χ4v) is 2.45. The zero-order chi connectivity index (χ0) is 12.1. The minimum Gasteiger partial charge on any atom is -0.310 e. The molecule has 0 saturated carbocycles. The van der Waals surface area contributed by atoms with E-state index in [0.717, 1.165) is 26.2 Å². The Labute approximate surface area is 104 Å². The van der Waals surface area contributed by atoms with Gasteiger partial charge < -0.3 is 15.1 Å². The number of piperazine rings is 1. The fourth-order valence-electron chi connectivity index (χ4n) is 2.45. The first-order chi connectivity index (χ1) is 8.24. The molecule has 94 valence electrons. The third-order valence-electron chi connectivity index (χ3n) is 3.29. The molecule has 1 N–H and O–H groups in total. The zero-order valence-electron chi connectivity index (χ0n) is 10.9. The van der Waals surface area contributed by atoms with E-state index in [1.54, 1.807) is 0 Å². The molecule has 3 nitrogen and oxygen atoms in total. The van der Waals surface area contributed by atoms with Crippen LogP contribution in [0, 0.1) is 0 Å². The molecule has 0 bridgehead atoms. The van der Waals surface area contributed by atoms with Gasteiger partial charge in [0.1, 0.15) is 0 Å². The van der Waals surface area contributed by atoms with Gasteiger partial charge in [-0.05, 0) is 19.7 Å². The van der Waals surface area contributed by atoms with E-state index in [9.17, 15) is 0 Å². The van der Waals surface area contributed by atoms with Gasteiger partial charge in [-0.15, -0.1) is 0 Å². The van der Waals surface area contributed by atoms with Crippen molar-refractivity contribution in [1.29, 1.82) is 0 Å². The highest BCUT2D eigenvalue weighted by Crippen LogP contribution is 2.04. The Kier molecular flexibility index (Phi) is 4.54. The quantitative estimate of drug-likeness (QED) is 0.838. The number of hydrogen-bond donors (Lipinski definition) is 1. The summed E-state index contributed by atoms with van der Waals surface area (Å²) in [6.45, 7) is 5.57. The Morgan fingerprint density at radius 1 is 1.35 bits per heavy atom. The summed E-state index contributed by atoms with van der Waals surface area (Å²) >= 11 is 0. The van der Waals surface area contributed by atoms with Gasteiger partial charge in [-0.2, -0.15) is 0 Å². The first kappa shape index (κ1) is 12.6. The number of nitrogens with zero attached hydrogens (tertiary/aromatic N) is 2. The molecule has 3 heteroatoms. The van der Waals surface area contributed by atoms with Crippen LogP contribution in [0.1, 0.15) is 5.56 Å². The van der Waals surface area contributed by atoms with Gasteiger partial charge in [0.05, 0.1) is 0 Å². The molecule has 1 aromatic carbocycles. The predicted octanol–water partition coefficient (Wildman–Crippen LogP) is 1.02. The van der Waals surface area contributed by atoms with Crippen LogP contribution >= 0.6 is 0 Å². The second-order valence-electron chi connectivity index (χ2n) is 5.10. The molecule has 0 aromatic heterocycles. The zero-order valence-corrected chi connectivity index (χ0v) is 10.9. The van der Waals surface area contributed by atoms with Crippen LogP contribution in [-0.2, 0) is 6.54 Å². The van der Waals surface area contributed by atoms with Crippen molar-refractivity contribution >= 4 is 0 Å². The molecule has 1 fully saturated rings. The molecular formula is C14H23N3. The molecule has 1 aliphatic rings. The van der Waals surface area contributed by atoms with E-state index < -0.39 is 0 Å². The van der Waals surface area contributed by atoms with E-state index in [-0.39, 0.29) is 0 Å². The molecule has 0 spiro atoms. The fraction of sp³-hybridized carbons (Fsp3) is 0.571. The molecule has 0 aliphatic carbocycles. The van der Waals surface area contributed by atoms with Crippen LogP contribution in [0.5, 0.6) is 0 Å². The number of benzene rings is 1. The molecule has 0 amide bonds. The monoisotopic (exact) mass is 233 g/mol. The summed E-state index contributed by atoms with van der Waals surface area (Å²) in [6.07, 6.45) is 0. The maximum atomic E-state index is 3.58. The minimum atomic E-state index is 0.600. The Bertz CT molecular complexity index is 325. The van der Waals surface area contributed by atoms with Crippen LogP contribution in [0.4, 0.5) is 0 Å². The van der Waals surface area contributed by atoms with Crippen molar-refractivity contribution in [3.8, 4) is 0 Å². The van der Waals surface area contributed by atoms with Gasteiger partial charge in [-0.25, -0.2) is 0 Å². The molecular weight excluding hydrogens is 210 g/mol. The molecule has 2 rings (SSSR count). The number of likely N-dealkylation sites (N-methyl/N-ethyl adjacent to an activating group) is 2. The van der Waals surface area contributed by atoms with E-state index in [0.29, 0.717) is 6.04 Å². The Morgan fingerprint density at radius 2 is 2.12 bits per heavy atom. The van der Waals surface area contributed by atoms with E-state index >= 15 is 0 Å². The van der Waals surface area contributed by atoms with Crippen LogP contribution in [0.2, 0.25) is 0 Å². The highest BCUT2D eigenvalue weighted by atomic mass is 15.2. The summed E-state index contributed by atoms with van der Waals surface area (Å²) in [7, 11) is 4.40. The van der Waals surface area contributed by atoms with Crippen LogP contribution in [-0.4, -0.2) is 56.1 Å². The highest BCUT2D eigenvalue weighted by Gasteiger charge is 2.17. The summed E-state index contributed by atoms with van der Waals surface area (Å²) in [5.41, 5.74) is 1.39. The van der Waals surface area contributed by atoms with Crippen LogP contribution in [0.3, 0.4) is 0 Å². The van der Waals surface area contributed by atoms with Crippen molar-refractivity contribution in [2.75, 3.05) is 40.3 Å². The Morgan fingerprint density at radius 3 is 2.82 bits per heavy atom. The molecule has 1 heterocycles. The highest BCUT2D eigenvalue weighted by molar-refractivity contribution is 5.14. The smallest absolute Gasteiger partial charge is 0.0323 e. The van der Waals surface area contributed by atoms with E-state index in [2.05, 4.69) is 59.5 Å². The molecule has 1 aromatic rings. The molecule has 1 atom stereocenters. The van der Waals surface area contributed by atoms with Gasteiger partial charge in [0.2, 0.25) is 0 Å². The first-order valence-electron chi connectivity index (χ1n) is 6.38. The average molecular weight is 233 g/mol. The maximum Gasteiger partial charge on any atom is 0.0323 e. The van der Waals surface area contributed by atoms with Gasteiger partial charge in [0.25, 0.3) is 0 Å². The Balaban J connectivity index is 1.79. The largest absolute Gasteiger partial charge is 0.310 e. The topological polar surface area (TPSA) is 18.5 Å². The summed E-state index contributed by atoms with van der Waals surface area (Å²) in [4.78, 5) is 4.80. The van der Waals surface area contributed by atoms with Crippen molar-refractivity contribution in [3.63, 3.8) is 0 Å². The SMILES string of the molecule is CN1CCNC(CN(C)Cc2ccccc2)C1. The van der Waals surface area contributed by atoms with Gasteiger partial charge in [-0.3, -0.25) is 0 Å². The standard InChI is InChI=1S/C14H23N3/c1-16-9-8-15-14(11-16)12-17(2)10-13-6-4-3-5-7-13/h3-7,14-15H,8-12H2,1-2H3. The molecule has 17 heavy (non-hydrogen) atoms. The van der Waals surface area contributed by atoms with E-state index in [1.165, 1.54) is 12.1 Å². The van der Waals surface area contributed by atoms with E-state index in [1.807, 2.05) is 0 Å². The first-order valence-corrected chi connectivity index (χ1v) is 6.38. The third kappa shape index (κ3) is 4.11. The maximum absolute atomic E-state index is 3.58. The molecule has 1 aliphatic heterocycles. The van der Waals surface area contributed by atoms with Crippen molar-refractivity contribution in [3.05, 3.63) is 35.9 Å².